The highest BCUT2D eigenvalue weighted by Gasteiger charge is 2.07. The van der Waals surface area contributed by atoms with Crippen molar-refractivity contribution in [1.29, 1.82) is 0 Å². The van der Waals surface area contributed by atoms with E-state index in [4.69, 9.17) is 0 Å². The molecule has 2 N–H and O–H groups in total. The van der Waals surface area contributed by atoms with Crippen LogP contribution in [0, 0.1) is 0 Å². The third kappa shape index (κ3) is 2.02. The van der Waals surface area contributed by atoms with Gasteiger partial charge in [-0.3, -0.25) is 4.79 Å². The van der Waals surface area contributed by atoms with E-state index in [0.29, 0.717) is 11.0 Å². The summed E-state index contributed by atoms with van der Waals surface area (Å²) in [5, 5.41) is 12.0. The normalized spacial score (nSPS) is 11.1. The van der Waals surface area contributed by atoms with E-state index in [2.05, 4.69) is 9.97 Å². The molecule has 1 heterocycles. The highest BCUT2D eigenvalue weighted by atomic mass is 16.3. The zero-order chi connectivity index (χ0) is 15.1. The molecule has 0 unspecified atom stereocenters. The number of hydrogen-bond acceptors (Lipinski definition) is 3. The lowest BCUT2D eigenvalue weighted by atomic mass is 9.97. The van der Waals surface area contributed by atoms with Crippen molar-refractivity contribution in [2.75, 3.05) is 0 Å². The molecule has 0 aliphatic rings. The summed E-state index contributed by atoms with van der Waals surface area (Å²) in [6.07, 6.45) is 1.27. The zero-order valence-electron chi connectivity index (χ0n) is 11.6. The van der Waals surface area contributed by atoms with Gasteiger partial charge in [-0.2, -0.15) is 0 Å². The number of phenolic OH excluding ortho intramolecular Hbond substituents is 1. The molecule has 0 spiro atoms. The van der Waals surface area contributed by atoms with Crippen LogP contribution in [0.5, 0.6) is 5.75 Å². The van der Waals surface area contributed by atoms with Gasteiger partial charge in [-0.1, -0.05) is 30.3 Å². The molecule has 0 atom stereocenters. The minimum Gasteiger partial charge on any atom is -0.508 e. The molecule has 0 saturated carbocycles. The number of phenols is 1. The molecule has 4 heteroatoms. The molecule has 4 rings (SSSR count). The molecule has 0 fully saturated rings. The average molecular weight is 288 g/mol. The SMILES string of the molecule is O=c1cnc2cc(-c3cc(O)cc4ccccc34)ccc2[nH]1. The van der Waals surface area contributed by atoms with E-state index in [1.165, 1.54) is 6.20 Å². The van der Waals surface area contributed by atoms with Crippen LogP contribution in [0.3, 0.4) is 0 Å². The van der Waals surface area contributed by atoms with Crippen LogP contribution < -0.4 is 5.56 Å². The maximum absolute atomic E-state index is 11.3. The number of H-pyrrole nitrogens is 1. The van der Waals surface area contributed by atoms with Crippen LogP contribution in [0.2, 0.25) is 0 Å². The summed E-state index contributed by atoms with van der Waals surface area (Å²) in [7, 11) is 0. The molecule has 3 aromatic carbocycles. The van der Waals surface area contributed by atoms with Gasteiger partial charge in [0.25, 0.3) is 5.56 Å². The van der Waals surface area contributed by atoms with Gasteiger partial charge in [0.15, 0.2) is 0 Å². The van der Waals surface area contributed by atoms with Crippen LogP contribution in [0.25, 0.3) is 32.9 Å². The largest absolute Gasteiger partial charge is 0.508 e. The van der Waals surface area contributed by atoms with E-state index in [9.17, 15) is 9.90 Å². The lowest BCUT2D eigenvalue weighted by molar-refractivity contribution is 0.476. The minimum absolute atomic E-state index is 0.219. The summed E-state index contributed by atoms with van der Waals surface area (Å²) in [5.41, 5.74) is 3.07. The Balaban J connectivity index is 2.02. The quantitative estimate of drug-likeness (QED) is 0.564. The van der Waals surface area contributed by atoms with E-state index in [0.717, 1.165) is 21.9 Å². The van der Waals surface area contributed by atoms with Crippen LogP contribution in [0.4, 0.5) is 0 Å². The molecule has 0 bridgehead atoms. The number of nitrogens with zero attached hydrogens (tertiary/aromatic N) is 1. The Morgan fingerprint density at radius 1 is 1.00 bits per heavy atom. The number of benzene rings is 3. The second kappa shape index (κ2) is 4.70. The molecule has 0 radical (unpaired) electrons. The predicted molar refractivity (Wildman–Crippen MR) is 87.0 cm³/mol. The van der Waals surface area contributed by atoms with Crippen LogP contribution in [-0.4, -0.2) is 15.1 Å². The topological polar surface area (TPSA) is 66.0 Å². The van der Waals surface area contributed by atoms with E-state index in [-0.39, 0.29) is 11.3 Å². The van der Waals surface area contributed by atoms with Crippen LogP contribution in [0.1, 0.15) is 0 Å². The fraction of sp³-hybridized carbons (Fsp3) is 0. The molecule has 0 saturated heterocycles. The van der Waals surface area contributed by atoms with E-state index in [1.54, 1.807) is 12.1 Å². The fourth-order valence-electron chi connectivity index (χ4n) is 2.74. The summed E-state index contributed by atoms with van der Waals surface area (Å²) in [6.45, 7) is 0. The Labute approximate surface area is 125 Å². The van der Waals surface area contributed by atoms with Crippen molar-refractivity contribution in [3.05, 3.63) is 71.1 Å². The molecule has 0 amide bonds. The van der Waals surface area contributed by atoms with Gasteiger partial charge >= 0.3 is 0 Å². The molecular weight excluding hydrogens is 276 g/mol. The van der Waals surface area contributed by atoms with Gasteiger partial charge in [-0.25, -0.2) is 4.98 Å². The lowest BCUT2D eigenvalue weighted by Gasteiger charge is -2.09. The van der Waals surface area contributed by atoms with Crippen LogP contribution in [0.15, 0.2) is 65.6 Å². The van der Waals surface area contributed by atoms with Crippen LogP contribution in [-0.2, 0) is 0 Å². The summed E-state index contributed by atoms with van der Waals surface area (Å²) in [5.74, 6) is 0.225. The number of aromatic amines is 1. The van der Waals surface area contributed by atoms with Crippen molar-refractivity contribution in [1.82, 2.24) is 9.97 Å². The first kappa shape index (κ1) is 12.6. The highest BCUT2D eigenvalue weighted by Crippen LogP contribution is 2.33. The summed E-state index contributed by atoms with van der Waals surface area (Å²) in [6, 6.07) is 17.1. The van der Waals surface area contributed by atoms with Gasteiger partial charge in [-0.05, 0) is 46.2 Å². The van der Waals surface area contributed by atoms with E-state index in [1.807, 2.05) is 42.5 Å². The van der Waals surface area contributed by atoms with Gasteiger partial charge in [0.05, 0.1) is 17.2 Å². The summed E-state index contributed by atoms with van der Waals surface area (Å²) in [4.78, 5) is 18.2. The zero-order valence-corrected chi connectivity index (χ0v) is 11.6. The van der Waals surface area contributed by atoms with Gasteiger partial charge in [0, 0.05) is 0 Å². The van der Waals surface area contributed by atoms with E-state index >= 15 is 0 Å². The first-order valence-electron chi connectivity index (χ1n) is 6.92. The third-order valence-electron chi connectivity index (χ3n) is 3.73. The molecule has 0 aliphatic carbocycles. The lowest BCUT2D eigenvalue weighted by Crippen LogP contribution is -2.04. The predicted octanol–water partition coefficient (Wildman–Crippen LogP) is 3.45. The first-order chi connectivity index (χ1) is 10.7. The van der Waals surface area contributed by atoms with Gasteiger partial charge in [0.1, 0.15) is 5.75 Å². The Hall–Kier alpha value is -3.14. The molecule has 0 aliphatic heterocycles. The van der Waals surface area contributed by atoms with Gasteiger partial charge in [0.2, 0.25) is 0 Å². The molecule has 22 heavy (non-hydrogen) atoms. The maximum atomic E-state index is 11.3. The van der Waals surface area contributed by atoms with E-state index < -0.39 is 0 Å². The van der Waals surface area contributed by atoms with Crippen molar-refractivity contribution in [2.24, 2.45) is 0 Å². The van der Waals surface area contributed by atoms with Crippen molar-refractivity contribution < 1.29 is 5.11 Å². The number of aromatic nitrogens is 2. The molecule has 1 aromatic heterocycles. The number of hydrogen-bond donors (Lipinski definition) is 2. The Morgan fingerprint density at radius 2 is 1.86 bits per heavy atom. The maximum Gasteiger partial charge on any atom is 0.266 e. The first-order valence-corrected chi connectivity index (χ1v) is 6.92. The Morgan fingerprint density at radius 3 is 2.77 bits per heavy atom. The third-order valence-corrected chi connectivity index (χ3v) is 3.73. The standard InChI is InChI=1S/C18H12N2O2/c21-13-7-11-3-1-2-4-14(11)15(9-13)12-5-6-16-17(8-12)19-10-18(22)20-16/h1-10,21H,(H,20,22). The highest BCUT2D eigenvalue weighted by molar-refractivity contribution is 5.99. The fourth-order valence-corrected chi connectivity index (χ4v) is 2.74. The van der Waals surface area contributed by atoms with Crippen LogP contribution >= 0.6 is 0 Å². The number of nitrogens with one attached hydrogen (secondary N) is 1. The second-order valence-corrected chi connectivity index (χ2v) is 5.19. The summed E-state index contributed by atoms with van der Waals surface area (Å²) < 4.78 is 0. The van der Waals surface area contributed by atoms with Gasteiger partial charge in [-0.15, -0.1) is 0 Å². The molecule has 4 aromatic rings. The second-order valence-electron chi connectivity index (χ2n) is 5.19. The molecular formula is C18H12N2O2. The molecule has 4 nitrogen and oxygen atoms in total. The Bertz CT molecular complexity index is 1070. The van der Waals surface area contributed by atoms with Gasteiger partial charge < -0.3 is 10.1 Å². The van der Waals surface area contributed by atoms with Crippen molar-refractivity contribution >= 4 is 21.8 Å². The Kier molecular flexibility index (Phi) is 2.69. The van der Waals surface area contributed by atoms with Crippen molar-refractivity contribution in [2.45, 2.75) is 0 Å². The molecule has 106 valence electrons. The number of rotatable bonds is 1. The average Bonchev–Trinajstić information content (AvgIpc) is 2.53. The minimum atomic E-state index is -0.219. The monoisotopic (exact) mass is 288 g/mol. The summed E-state index contributed by atoms with van der Waals surface area (Å²) >= 11 is 0. The number of fused-ring (bicyclic) bond motifs is 2. The number of aromatic hydroxyl groups is 1. The van der Waals surface area contributed by atoms with Crippen molar-refractivity contribution in [3.8, 4) is 16.9 Å². The van der Waals surface area contributed by atoms with Crippen molar-refractivity contribution in [3.63, 3.8) is 0 Å². The smallest absolute Gasteiger partial charge is 0.266 e.